The summed E-state index contributed by atoms with van der Waals surface area (Å²) in [5.41, 5.74) is 1.36. The third-order valence-corrected chi connectivity index (χ3v) is 4.24. The fraction of sp³-hybridized carbons (Fsp3) is 0.231. The second-order valence-electron chi connectivity index (χ2n) is 4.30. The Balaban J connectivity index is 2.04. The minimum Gasteiger partial charge on any atom is -0.469 e. The first-order chi connectivity index (χ1) is 10.0. The Morgan fingerprint density at radius 1 is 1.29 bits per heavy atom. The lowest BCUT2D eigenvalue weighted by molar-refractivity contribution is -0.139. The van der Waals surface area contributed by atoms with E-state index >= 15 is 0 Å². The van der Waals surface area contributed by atoms with Gasteiger partial charge in [-0.15, -0.1) is 0 Å². The van der Waals surface area contributed by atoms with Gasteiger partial charge in [-0.25, -0.2) is 13.1 Å². The molecule has 0 radical (unpaired) electrons. The lowest BCUT2D eigenvalue weighted by Gasteiger charge is -2.06. The quantitative estimate of drug-likeness (QED) is 0.761. The Hall–Kier alpha value is -2.19. The summed E-state index contributed by atoms with van der Waals surface area (Å²) in [5.74, 6) is -0.372. The number of methoxy groups -OCH3 is 1. The molecule has 0 aliphatic heterocycles. The molecular weight excluding hydrogens is 294 g/mol. The van der Waals surface area contributed by atoms with E-state index in [-0.39, 0.29) is 23.8 Å². The highest BCUT2D eigenvalue weighted by atomic mass is 32.2. The Morgan fingerprint density at radius 2 is 2.00 bits per heavy atom. The molecule has 0 spiro atoms. The molecule has 0 saturated carbocycles. The van der Waals surface area contributed by atoms with Crippen LogP contribution in [0.5, 0.6) is 0 Å². The Morgan fingerprint density at radius 3 is 2.57 bits per heavy atom. The number of rotatable bonds is 6. The van der Waals surface area contributed by atoms with Crippen LogP contribution in [0.3, 0.4) is 0 Å². The third-order valence-electron chi connectivity index (χ3n) is 2.82. The standard InChI is InChI=1S/C13H15N3O4S/c1-20-13(17)8-10-2-4-12(5-3-10)21(18,19)15-9-11-6-7-14-16-11/h2-7,15H,8-9H2,1H3,(H,14,16). The van der Waals surface area contributed by atoms with Crippen LogP contribution in [0.2, 0.25) is 0 Å². The van der Waals surface area contributed by atoms with Gasteiger partial charge in [0.25, 0.3) is 0 Å². The average molecular weight is 309 g/mol. The number of H-pyrrole nitrogens is 1. The van der Waals surface area contributed by atoms with Gasteiger partial charge in [0.15, 0.2) is 0 Å². The van der Waals surface area contributed by atoms with E-state index in [1.165, 1.54) is 19.2 Å². The van der Waals surface area contributed by atoms with Crippen LogP contribution in [0.4, 0.5) is 0 Å². The Kier molecular flexibility index (Phi) is 4.71. The third kappa shape index (κ3) is 4.14. The van der Waals surface area contributed by atoms with Crippen LogP contribution in [0.25, 0.3) is 0 Å². The molecule has 0 aliphatic rings. The fourth-order valence-electron chi connectivity index (χ4n) is 1.66. The number of esters is 1. The number of ether oxygens (including phenoxy) is 1. The van der Waals surface area contributed by atoms with Crippen molar-refractivity contribution in [2.45, 2.75) is 17.9 Å². The van der Waals surface area contributed by atoms with Gasteiger partial charge >= 0.3 is 5.97 Å². The van der Waals surface area contributed by atoms with E-state index in [0.29, 0.717) is 11.3 Å². The number of nitrogens with one attached hydrogen (secondary N) is 2. The summed E-state index contributed by atoms with van der Waals surface area (Å²) in [5, 5.41) is 6.41. The van der Waals surface area contributed by atoms with E-state index in [9.17, 15) is 13.2 Å². The summed E-state index contributed by atoms with van der Waals surface area (Å²) in [6.07, 6.45) is 1.66. The van der Waals surface area contributed by atoms with Crippen molar-refractivity contribution in [1.82, 2.24) is 14.9 Å². The van der Waals surface area contributed by atoms with Gasteiger partial charge in [0.1, 0.15) is 0 Å². The molecule has 0 bridgehead atoms. The van der Waals surface area contributed by atoms with Gasteiger partial charge < -0.3 is 4.74 Å². The summed E-state index contributed by atoms with van der Waals surface area (Å²) in [4.78, 5) is 11.3. The summed E-state index contributed by atoms with van der Waals surface area (Å²) in [6, 6.07) is 7.76. The van der Waals surface area contributed by atoms with Gasteiger partial charge in [-0.2, -0.15) is 5.10 Å². The van der Waals surface area contributed by atoms with Crippen LogP contribution >= 0.6 is 0 Å². The van der Waals surface area contributed by atoms with Gasteiger partial charge in [-0.3, -0.25) is 9.89 Å². The molecule has 0 fully saturated rings. The molecule has 7 nitrogen and oxygen atoms in total. The molecule has 0 atom stereocenters. The van der Waals surface area contributed by atoms with E-state index < -0.39 is 10.0 Å². The number of carbonyl (C=O) groups is 1. The number of sulfonamides is 1. The summed E-state index contributed by atoms with van der Waals surface area (Å²) in [7, 11) is -2.30. The second kappa shape index (κ2) is 6.51. The molecule has 1 heterocycles. The maximum atomic E-state index is 12.1. The lowest BCUT2D eigenvalue weighted by atomic mass is 10.2. The van der Waals surface area contributed by atoms with E-state index in [1.54, 1.807) is 24.4 Å². The zero-order chi connectivity index (χ0) is 15.3. The van der Waals surface area contributed by atoms with Crippen molar-refractivity contribution in [3.8, 4) is 0 Å². The zero-order valence-electron chi connectivity index (χ0n) is 11.4. The molecule has 0 amide bonds. The van der Waals surface area contributed by atoms with Crippen LogP contribution in [0.1, 0.15) is 11.3 Å². The van der Waals surface area contributed by atoms with E-state index in [1.807, 2.05) is 0 Å². The molecule has 8 heteroatoms. The lowest BCUT2D eigenvalue weighted by Crippen LogP contribution is -2.23. The fourth-order valence-corrected chi connectivity index (χ4v) is 2.67. The number of aromatic amines is 1. The highest BCUT2D eigenvalue weighted by Gasteiger charge is 2.14. The van der Waals surface area contributed by atoms with Gasteiger partial charge in [-0.1, -0.05) is 12.1 Å². The van der Waals surface area contributed by atoms with Crippen molar-refractivity contribution in [2.24, 2.45) is 0 Å². The van der Waals surface area contributed by atoms with Gasteiger partial charge in [0.2, 0.25) is 10.0 Å². The SMILES string of the molecule is COC(=O)Cc1ccc(S(=O)(=O)NCc2ccn[nH]2)cc1. The first-order valence-electron chi connectivity index (χ1n) is 6.15. The van der Waals surface area contributed by atoms with Gasteiger partial charge in [0, 0.05) is 6.20 Å². The number of nitrogens with zero attached hydrogens (tertiary/aromatic N) is 1. The van der Waals surface area contributed by atoms with Crippen LogP contribution in [-0.2, 0) is 32.5 Å². The van der Waals surface area contributed by atoms with Crippen LogP contribution < -0.4 is 4.72 Å². The van der Waals surface area contributed by atoms with Crippen LogP contribution in [0.15, 0.2) is 41.4 Å². The maximum absolute atomic E-state index is 12.1. The zero-order valence-corrected chi connectivity index (χ0v) is 12.2. The normalized spacial score (nSPS) is 11.3. The van der Waals surface area contributed by atoms with Crippen molar-refractivity contribution >= 4 is 16.0 Å². The molecule has 1 aromatic heterocycles. The molecule has 21 heavy (non-hydrogen) atoms. The summed E-state index contributed by atoms with van der Waals surface area (Å²) >= 11 is 0. The molecule has 1 aromatic carbocycles. The topological polar surface area (TPSA) is 101 Å². The molecular formula is C13H15N3O4S. The smallest absolute Gasteiger partial charge is 0.309 e. The first-order valence-corrected chi connectivity index (χ1v) is 7.63. The second-order valence-corrected chi connectivity index (χ2v) is 6.07. The predicted octanol–water partition coefficient (Wildman–Crippen LogP) is 0.604. The number of hydrogen-bond donors (Lipinski definition) is 2. The van der Waals surface area contributed by atoms with Crippen molar-refractivity contribution < 1.29 is 17.9 Å². The van der Waals surface area contributed by atoms with E-state index in [4.69, 9.17) is 0 Å². The Labute approximate surface area is 122 Å². The van der Waals surface area contributed by atoms with Gasteiger partial charge in [-0.05, 0) is 23.8 Å². The first kappa shape index (κ1) is 15.2. The predicted molar refractivity (Wildman–Crippen MR) is 74.8 cm³/mol. The number of aromatic nitrogens is 2. The van der Waals surface area contributed by atoms with Crippen molar-refractivity contribution in [2.75, 3.05) is 7.11 Å². The number of benzene rings is 1. The Bertz CT molecular complexity index is 694. The highest BCUT2D eigenvalue weighted by Crippen LogP contribution is 2.11. The maximum Gasteiger partial charge on any atom is 0.309 e. The van der Waals surface area contributed by atoms with Crippen molar-refractivity contribution in [3.63, 3.8) is 0 Å². The highest BCUT2D eigenvalue weighted by molar-refractivity contribution is 7.89. The minimum atomic E-state index is -3.60. The molecule has 0 aliphatic carbocycles. The monoisotopic (exact) mass is 309 g/mol. The largest absolute Gasteiger partial charge is 0.469 e. The summed E-state index contributed by atoms with van der Waals surface area (Å²) < 4.78 is 31.2. The average Bonchev–Trinajstić information content (AvgIpc) is 2.99. The van der Waals surface area contributed by atoms with Crippen molar-refractivity contribution in [3.05, 3.63) is 47.8 Å². The van der Waals surface area contributed by atoms with Crippen LogP contribution in [-0.4, -0.2) is 31.7 Å². The molecule has 2 N–H and O–H groups in total. The molecule has 2 aromatic rings. The summed E-state index contributed by atoms with van der Waals surface area (Å²) in [6.45, 7) is 0.131. The van der Waals surface area contributed by atoms with Gasteiger partial charge in [0.05, 0.1) is 30.7 Å². The van der Waals surface area contributed by atoms with Crippen LogP contribution in [0, 0.1) is 0 Å². The molecule has 0 saturated heterocycles. The molecule has 2 rings (SSSR count). The number of carbonyl (C=O) groups excluding carboxylic acids is 1. The molecule has 112 valence electrons. The van der Waals surface area contributed by atoms with Crippen molar-refractivity contribution in [1.29, 1.82) is 0 Å². The number of hydrogen-bond acceptors (Lipinski definition) is 5. The van der Waals surface area contributed by atoms with E-state index in [2.05, 4.69) is 19.7 Å². The van der Waals surface area contributed by atoms with E-state index in [0.717, 1.165) is 0 Å². The minimum absolute atomic E-state index is 0.110. The molecule has 0 unspecified atom stereocenters.